The third-order valence-corrected chi connectivity index (χ3v) is 3.28. The number of nitrogens with two attached hydrogens (primary N) is 1. The zero-order chi connectivity index (χ0) is 16.0. The lowest BCUT2D eigenvalue weighted by Crippen LogP contribution is -2.34. The molecule has 0 radical (unpaired) electrons. The minimum absolute atomic E-state index is 0.0471. The predicted octanol–water partition coefficient (Wildman–Crippen LogP) is 2.42. The van der Waals surface area contributed by atoms with Crippen molar-refractivity contribution in [2.75, 3.05) is 5.75 Å². The van der Waals surface area contributed by atoms with E-state index in [1.165, 1.54) is 0 Å². The molecule has 0 aromatic carbocycles. The maximum absolute atomic E-state index is 12.5. The fraction of sp³-hybridized carbons (Fsp3) is 0.800. The fourth-order valence-corrected chi connectivity index (χ4v) is 1.90. The van der Waals surface area contributed by atoms with Crippen molar-refractivity contribution in [2.45, 2.75) is 43.2 Å². The minimum Gasteiger partial charge on any atom is -0.481 e. The van der Waals surface area contributed by atoms with Crippen LogP contribution in [0.2, 0.25) is 0 Å². The predicted molar refractivity (Wildman–Crippen MR) is 62.5 cm³/mol. The molecule has 0 fully saturated rings. The van der Waals surface area contributed by atoms with Crippen LogP contribution < -0.4 is 5.73 Å². The monoisotopic (exact) mass is 323 g/mol. The van der Waals surface area contributed by atoms with Gasteiger partial charge in [-0.15, -0.1) is 0 Å². The van der Waals surface area contributed by atoms with Gasteiger partial charge in [0.05, 0.1) is 6.04 Å². The molecule has 118 valence electrons. The highest BCUT2D eigenvalue weighted by Crippen LogP contribution is 2.44. The van der Waals surface area contributed by atoms with Crippen LogP contribution in [0.5, 0.6) is 0 Å². The van der Waals surface area contributed by atoms with Gasteiger partial charge < -0.3 is 10.8 Å². The van der Waals surface area contributed by atoms with E-state index < -0.39 is 53.2 Å². The topological polar surface area (TPSA) is 80.4 Å². The first-order chi connectivity index (χ1) is 8.97. The van der Waals surface area contributed by atoms with Crippen molar-refractivity contribution in [3.8, 4) is 0 Å². The molecule has 0 aliphatic heterocycles. The fourth-order valence-electron chi connectivity index (χ4n) is 1.18. The number of hydrogen-bond donors (Lipinski definition) is 2. The molecule has 1 unspecified atom stereocenters. The van der Waals surface area contributed by atoms with E-state index in [0.717, 1.165) is 0 Å². The van der Waals surface area contributed by atoms with Gasteiger partial charge in [-0.3, -0.25) is 9.59 Å². The quantitative estimate of drug-likeness (QED) is 0.637. The average molecular weight is 323 g/mol. The number of ketones is 1. The summed E-state index contributed by atoms with van der Waals surface area (Å²) in [5.74, 6) is -2.44. The Bertz CT molecular complexity index is 348. The number of carbonyl (C=O) groups excluding carboxylic acids is 1. The lowest BCUT2D eigenvalue weighted by atomic mass is 10.0. The molecule has 0 aliphatic rings. The van der Waals surface area contributed by atoms with E-state index in [0.29, 0.717) is 0 Å². The molecular formula is C10H14F5NO3S. The number of alkyl halides is 5. The maximum Gasteiger partial charge on any atom is 0.464 e. The molecule has 3 N–H and O–H groups in total. The van der Waals surface area contributed by atoms with E-state index in [9.17, 15) is 31.5 Å². The summed E-state index contributed by atoms with van der Waals surface area (Å²) >= 11 is -0.669. The molecule has 0 saturated heterocycles. The highest BCUT2D eigenvalue weighted by Gasteiger charge is 2.57. The van der Waals surface area contributed by atoms with Gasteiger partial charge in [-0.2, -0.15) is 22.0 Å². The molecule has 0 amide bonds. The van der Waals surface area contributed by atoms with Crippen molar-refractivity contribution >= 4 is 23.5 Å². The van der Waals surface area contributed by atoms with Gasteiger partial charge in [0.1, 0.15) is 5.78 Å². The molecule has 0 rings (SSSR count). The summed E-state index contributed by atoms with van der Waals surface area (Å²) in [7, 11) is 0. The Labute approximate surface area is 115 Å². The van der Waals surface area contributed by atoms with E-state index in [-0.39, 0.29) is 19.3 Å². The maximum atomic E-state index is 12.5. The van der Waals surface area contributed by atoms with Crippen LogP contribution in [0.4, 0.5) is 22.0 Å². The van der Waals surface area contributed by atoms with Gasteiger partial charge in [-0.25, -0.2) is 0 Å². The summed E-state index contributed by atoms with van der Waals surface area (Å²) in [5.41, 5.74) is 5.38. The van der Waals surface area contributed by atoms with Crippen LogP contribution in [-0.4, -0.2) is 40.1 Å². The van der Waals surface area contributed by atoms with Crippen LogP contribution in [0.25, 0.3) is 0 Å². The third kappa shape index (κ3) is 7.04. The van der Waals surface area contributed by atoms with E-state index >= 15 is 0 Å². The van der Waals surface area contributed by atoms with Crippen LogP contribution in [-0.2, 0) is 9.59 Å². The molecule has 0 aliphatic carbocycles. The van der Waals surface area contributed by atoms with Gasteiger partial charge in [-0.05, 0) is 12.8 Å². The Hall–Kier alpha value is -0.900. The molecular weight excluding hydrogens is 309 g/mol. The van der Waals surface area contributed by atoms with Crippen molar-refractivity contribution in [1.29, 1.82) is 0 Å². The summed E-state index contributed by atoms with van der Waals surface area (Å²) in [6.45, 7) is 0. The first kappa shape index (κ1) is 19.1. The first-order valence-electron chi connectivity index (χ1n) is 5.56. The Morgan fingerprint density at radius 2 is 1.70 bits per heavy atom. The molecule has 20 heavy (non-hydrogen) atoms. The van der Waals surface area contributed by atoms with Gasteiger partial charge >= 0.3 is 17.4 Å². The van der Waals surface area contributed by atoms with E-state index in [1.54, 1.807) is 0 Å². The van der Waals surface area contributed by atoms with Crippen molar-refractivity contribution in [1.82, 2.24) is 0 Å². The molecule has 1 atom stereocenters. The Morgan fingerprint density at radius 1 is 1.15 bits per heavy atom. The van der Waals surface area contributed by atoms with Crippen molar-refractivity contribution in [2.24, 2.45) is 5.73 Å². The normalized spacial score (nSPS) is 14.1. The summed E-state index contributed by atoms with van der Waals surface area (Å²) in [6, 6.07) is -1.05. The summed E-state index contributed by atoms with van der Waals surface area (Å²) in [4.78, 5) is 21.6. The number of rotatable bonds is 9. The number of thioether (sulfide) groups is 1. The Kier molecular flexibility index (Phi) is 7.42. The van der Waals surface area contributed by atoms with Gasteiger partial charge in [0.25, 0.3) is 0 Å². The second-order valence-electron chi connectivity index (χ2n) is 3.97. The molecule has 10 heteroatoms. The number of halogens is 5. The summed E-state index contributed by atoms with van der Waals surface area (Å²) in [5, 5.41) is 3.45. The molecule has 0 aromatic heterocycles. The highest BCUT2D eigenvalue weighted by molar-refractivity contribution is 8.00. The van der Waals surface area contributed by atoms with Crippen LogP contribution in [0.1, 0.15) is 25.7 Å². The Balaban J connectivity index is 4.02. The summed E-state index contributed by atoms with van der Waals surface area (Å²) < 4.78 is 60.5. The lowest BCUT2D eigenvalue weighted by molar-refractivity contribution is -0.237. The zero-order valence-corrected chi connectivity index (χ0v) is 11.1. The minimum atomic E-state index is -5.66. The van der Waals surface area contributed by atoms with Crippen molar-refractivity contribution in [3.63, 3.8) is 0 Å². The largest absolute Gasteiger partial charge is 0.481 e. The van der Waals surface area contributed by atoms with E-state index in [2.05, 4.69) is 0 Å². The van der Waals surface area contributed by atoms with Gasteiger partial charge in [0.15, 0.2) is 0 Å². The second-order valence-corrected chi connectivity index (χ2v) is 5.18. The second kappa shape index (κ2) is 7.77. The third-order valence-electron chi connectivity index (χ3n) is 2.28. The van der Waals surface area contributed by atoms with Gasteiger partial charge in [0.2, 0.25) is 0 Å². The van der Waals surface area contributed by atoms with Gasteiger partial charge in [0, 0.05) is 18.6 Å². The van der Waals surface area contributed by atoms with Crippen LogP contribution >= 0.6 is 11.8 Å². The number of carboxylic acid groups (broad SMARTS) is 1. The number of carboxylic acids is 1. The lowest BCUT2D eigenvalue weighted by Gasteiger charge is -2.18. The highest BCUT2D eigenvalue weighted by atomic mass is 32.2. The van der Waals surface area contributed by atoms with Crippen molar-refractivity contribution in [3.05, 3.63) is 0 Å². The molecule has 0 bridgehead atoms. The van der Waals surface area contributed by atoms with Crippen LogP contribution in [0.15, 0.2) is 0 Å². The summed E-state index contributed by atoms with van der Waals surface area (Å²) in [6.07, 6.45) is -6.20. The van der Waals surface area contributed by atoms with Gasteiger partial charge in [-0.1, -0.05) is 11.8 Å². The zero-order valence-electron chi connectivity index (χ0n) is 10.3. The number of aliphatic carboxylic acids is 1. The smallest absolute Gasteiger partial charge is 0.464 e. The molecule has 4 nitrogen and oxygen atoms in total. The van der Waals surface area contributed by atoms with E-state index in [4.69, 9.17) is 10.8 Å². The Morgan fingerprint density at radius 3 is 2.15 bits per heavy atom. The number of Topliss-reactive ketones (excluding diaryl/α,β-unsaturated/α-hetero) is 1. The number of carbonyl (C=O) groups is 2. The molecule has 0 spiro atoms. The van der Waals surface area contributed by atoms with E-state index in [1.807, 2.05) is 0 Å². The van der Waals surface area contributed by atoms with Crippen molar-refractivity contribution < 1.29 is 36.6 Å². The van der Waals surface area contributed by atoms with Crippen LogP contribution in [0, 0.1) is 0 Å². The number of hydrogen-bond acceptors (Lipinski definition) is 4. The first-order valence-corrected chi connectivity index (χ1v) is 6.54. The molecule has 0 aromatic rings. The molecule has 0 heterocycles. The standard InChI is InChI=1S/C10H14F5NO3S/c11-9(12,13)10(14,15)20-5-4-7(17)6(16)2-1-3-8(18)19/h6H,1-5,16H2,(H,18,19). The molecule has 0 saturated carbocycles. The average Bonchev–Trinajstić information content (AvgIpc) is 2.26. The van der Waals surface area contributed by atoms with Crippen LogP contribution in [0.3, 0.4) is 0 Å². The SMILES string of the molecule is NC(CCCC(=O)O)C(=O)CCSC(F)(F)C(F)(F)F.